The van der Waals surface area contributed by atoms with Gasteiger partial charge in [-0.05, 0) is 23.1 Å². The van der Waals surface area contributed by atoms with Crippen molar-refractivity contribution in [2.45, 2.75) is 13.0 Å². The number of fused-ring (bicyclic) bond motifs is 1. The topological polar surface area (TPSA) is 70.2 Å². The van der Waals surface area contributed by atoms with Gasteiger partial charge in [0, 0.05) is 37.1 Å². The van der Waals surface area contributed by atoms with Gasteiger partial charge in [-0.25, -0.2) is 0 Å². The lowest BCUT2D eigenvalue weighted by molar-refractivity contribution is -0.128. The highest BCUT2D eigenvalue weighted by Gasteiger charge is 2.32. The summed E-state index contributed by atoms with van der Waals surface area (Å²) >= 11 is 0. The molecule has 5 nitrogen and oxygen atoms in total. The smallest absolute Gasteiger partial charge is 0.302 e. The number of benzene rings is 1. The maximum Gasteiger partial charge on any atom is 0.302 e. The highest BCUT2D eigenvalue weighted by molar-refractivity contribution is 7.86. The van der Waals surface area contributed by atoms with Crippen molar-refractivity contribution in [1.82, 2.24) is 9.88 Å². The number of nitrogens with zero attached hydrogens (tertiary/aromatic N) is 1. The molecule has 1 aromatic heterocycles. The Morgan fingerprint density at radius 3 is 2.90 bits per heavy atom. The summed E-state index contributed by atoms with van der Waals surface area (Å²) in [7, 11) is -4.53. The van der Waals surface area contributed by atoms with Crippen LogP contribution in [-0.4, -0.2) is 36.5 Å². The largest absolute Gasteiger partial charge is 0.361 e. The van der Waals surface area contributed by atoms with Gasteiger partial charge >= 0.3 is 10.2 Å². The van der Waals surface area contributed by atoms with Crippen LogP contribution in [0.1, 0.15) is 12.0 Å². The number of H-pyrrole nitrogens is 1. The average Bonchev–Trinajstić information content (AvgIpc) is 2.94. The highest BCUT2D eigenvalue weighted by atomic mass is 32.3. The van der Waals surface area contributed by atoms with Crippen molar-refractivity contribution in [3.8, 4) is 0 Å². The third kappa shape index (κ3) is 3.24. The van der Waals surface area contributed by atoms with Crippen molar-refractivity contribution in [2.75, 3.05) is 12.3 Å². The standard InChI is InChI=1S/C14H15FN2O3S/c15-21(19,20)9-11-6-14(18)17(8-11)7-10-1-2-12-3-4-16-13(12)5-10/h1-5,11,16H,6-9H2. The fourth-order valence-corrected chi connectivity index (χ4v) is 3.60. The van der Waals surface area contributed by atoms with E-state index in [1.165, 1.54) is 0 Å². The maximum atomic E-state index is 12.7. The maximum absolute atomic E-state index is 12.7. The highest BCUT2D eigenvalue weighted by Crippen LogP contribution is 2.23. The molecular weight excluding hydrogens is 295 g/mol. The van der Waals surface area contributed by atoms with Gasteiger partial charge in [0.2, 0.25) is 5.91 Å². The fourth-order valence-electron chi connectivity index (χ4n) is 2.81. The van der Waals surface area contributed by atoms with Gasteiger partial charge in [0.15, 0.2) is 0 Å². The number of carbonyl (C=O) groups is 1. The molecule has 1 unspecified atom stereocenters. The van der Waals surface area contributed by atoms with Crippen LogP contribution >= 0.6 is 0 Å². The van der Waals surface area contributed by atoms with E-state index in [2.05, 4.69) is 4.98 Å². The van der Waals surface area contributed by atoms with Gasteiger partial charge in [-0.15, -0.1) is 3.89 Å². The van der Waals surface area contributed by atoms with Gasteiger partial charge < -0.3 is 9.88 Å². The first-order valence-electron chi connectivity index (χ1n) is 6.67. The Balaban J connectivity index is 1.71. The summed E-state index contributed by atoms with van der Waals surface area (Å²) in [6.07, 6.45) is 1.94. The molecule has 1 aromatic carbocycles. The van der Waals surface area contributed by atoms with E-state index in [-0.39, 0.29) is 18.9 Å². The number of hydrogen-bond donors (Lipinski definition) is 1. The molecule has 1 N–H and O–H groups in total. The van der Waals surface area contributed by atoms with Crippen LogP contribution in [0, 0.1) is 5.92 Å². The third-order valence-electron chi connectivity index (χ3n) is 3.72. The summed E-state index contributed by atoms with van der Waals surface area (Å²) in [4.78, 5) is 16.6. The second-order valence-electron chi connectivity index (χ2n) is 5.45. The van der Waals surface area contributed by atoms with Gasteiger partial charge in [0.1, 0.15) is 0 Å². The van der Waals surface area contributed by atoms with Gasteiger partial charge in [0.25, 0.3) is 0 Å². The van der Waals surface area contributed by atoms with E-state index in [9.17, 15) is 17.1 Å². The Bertz CT molecular complexity index is 784. The van der Waals surface area contributed by atoms with Crippen LogP contribution in [0.2, 0.25) is 0 Å². The van der Waals surface area contributed by atoms with Crippen molar-refractivity contribution in [3.05, 3.63) is 36.0 Å². The number of likely N-dealkylation sites (tertiary alicyclic amines) is 1. The predicted octanol–water partition coefficient (Wildman–Crippen LogP) is 1.82. The van der Waals surface area contributed by atoms with Gasteiger partial charge in [-0.1, -0.05) is 12.1 Å². The molecule has 0 saturated carbocycles. The summed E-state index contributed by atoms with van der Waals surface area (Å²) < 4.78 is 34.0. The first-order chi connectivity index (χ1) is 9.90. The van der Waals surface area contributed by atoms with Crippen molar-refractivity contribution >= 4 is 27.0 Å². The first-order valence-corrected chi connectivity index (χ1v) is 8.22. The number of rotatable bonds is 4. The Kier molecular flexibility index (Phi) is 3.44. The summed E-state index contributed by atoms with van der Waals surface area (Å²) in [5, 5.41) is 1.09. The molecule has 0 bridgehead atoms. The van der Waals surface area contributed by atoms with E-state index in [0.717, 1.165) is 16.5 Å². The first kappa shape index (κ1) is 14.1. The molecule has 1 fully saturated rings. The fraction of sp³-hybridized carbons (Fsp3) is 0.357. The SMILES string of the molecule is O=C1CC(CS(=O)(=O)F)CN1Cc1ccc2cc[nH]c2c1. The molecular formula is C14H15FN2O3S. The second kappa shape index (κ2) is 5.14. The Labute approximate surface area is 122 Å². The lowest BCUT2D eigenvalue weighted by Crippen LogP contribution is -2.25. The van der Waals surface area contributed by atoms with Gasteiger partial charge in [-0.2, -0.15) is 8.42 Å². The lowest BCUT2D eigenvalue weighted by atomic mass is 10.1. The summed E-state index contributed by atoms with van der Waals surface area (Å²) in [6, 6.07) is 7.82. The molecule has 2 heterocycles. The molecule has 1 atom stereocenters. The van der Waals surface area contributed by atoms with E-state index in [0.29, 0.717) is 6.54 Å². The molecule has 0 aliphatic carbocycles. The molecule has 112 valence electrons. The lowest BCUT2D eigenvalue weighted by Gasteiger charge is -2.16. The third-order valence-corrected chi connectivity index (χ3v) is 4.59. The molecule has 0 radical (unpaired) electrons. The predicted molar refractivity (Wildman–Crippen MR) is 76.7 cm³/mol. The number of amides is 1. The Morgan fingerprint density at radius 2 is 2.14 bits per heavy atom. The molecule has 21 heavy (non-hydrogen) atoms. The molecule has 7 heteroatoms. The van der Waals surface area contributed by atoms with Crippen LogP contribution < -0.4 is 0 Å². The van der Waals surface area contributed by atoms with E-state index in [4.69, 9.17) is 0 Å². The molecule has 1 saturated heterocycles. The quantitative estimate of drug-likeness (QED) is 0.876. The zero-order chi connectivity index (χ0) is 15.0. The van der Waals surface area contributed by atoms with Crippen molar-refractivity contribution in [3.63, 3.8) is 0 Å². The normalized spacial score (nSPS) is 19.6. The van der Waals surface area contributed by atoms with Crippen molar-refractivity contribution < 1.29 is 17.1 Å². The Morgan fingerprint density at radius 1 is 1.33 bits per heavy atom. The van der Waals surface area contributed by atoms with E-state index in [1.54, 1.807) is 4.90 Å². The molecule has 0 spiro atoms. The number of halogens is 1. The molecule has 2 aromatic rings. The van der Waals surface area contributed by atoms with Crippen LogP contribution in [-0.2, 0) is 21.6 Å². The van der Waals surface area contributed by atoms with Crippen molar-refractivity contribution in [2.24, 2.45) is 5.92 Å². The summed E-state index contributed by atoms with van der Waals surface area (Å²) in [5.74, 6) is -1.16. The van der Waals surface area contributed by atoms with Gasteiger partial charge in [-0.3, -0.25) is 4.79 Å². The van der Waals surface area contributed by atoms with E-state index in [1.807, 2.05) is 30.5 Å². The van der Waals surface area contributed by atoms with Crippen LogP contribution in [0.15, 0.2) is 30.5 Å². The number of carbonyl (C=O) groups excluding carboxylic acids is 1. The second-order valence-corrected chi connectivity index (χ2v) is 6.86. The van der Waals surface area contributed by atoms with Crippen LogP contribution in [0.25, 0.3) is 10.9 Å². The van der Waals surface area contributed by atoms with Crippen LogP contribution in [0.3, 0.4) is 0 Å². The number of hydrogen-bond acceptors (Lipinski definition) is 3. The number of aromatic nitrogens is 1. The van der Waals surface area contributed by atoms with E-state index >= 15 is 0 Å². The molecule has 1 amide bonds. The minimum Gasteiger partial charge on any atom is -0.361 e. The minimum atomic E-state index is -4.53. The average molecular weight is 310 g/mol. The summed E-state index contributed by atoms with van der Waals surface area (Å²) in [6.45, 7) is 0.696. The number of nitrogens with one attached hydrogen (secondary N) is 1. The van der Waals surface area contributed by atoms with Crippen LogP contribution in [0.5, 0.6) is 0 Å². The zero-order valence-electron chi connectivity index (χ0n) is 11.3. The monoisotopic (exact) mass is 310 g/mol. The summed E-state index contributed by atoms with van der Waals surface area (Å²) in [5.41, 5.74) is 1.95. The van der Waals surface area contributed by atoms with E-state index < -0.39 is 21.9 Å². The molecule has 1 aliphatic rings. The minimum absolute atomic E-state index is 0.0912. The zero-order valence-corrected chi connectivity index (χ0v) is 12.1. The van der Waals surface area contributed by atoms with Crippen molar-refractivity contribution in [1.29, 1.82) is 0 Å². The number of aromatic amines is 1. The molecule has 3 rings (SSSR count). The van der Waals surface area contributed by atoms with Gasteiger partial charge in [0.05, 0.1) is 5.75 Å². The Hall–Kier alpha value is -1.89. The van der Waals surface area contributed by atoms with Crippen LogP contribution in [0.4, 0.5) is 3.89 Å². The molecule has 1 aliphatic heterocycles.